The summed E-state index contributed by atoms with van der Waals surface area (Å²) in [4.78, 5) is 0. The van der Waals surface area contributed by atoms with Crippen molar-refractivity contribution in [2.24, 2.45) is 17.3 Å². The van der Waals surface area contributed by atoms with Crippen LogP contribution in [-0.2, 0) is 0 Å². The fraction of sp³-hybridized carbons (Fsp3) is 1.00. The van der Waals surface area contributed by atoms with Crippen LogP contribution in [0.1, 0.15) is 53.4 Å². The lowest BCUT2D eigenvalue weighted by molar-refractivity contribution is -0.00862. The molecule has 0 aromatic carbocycles. The van der Waals surface area contributed by atoms with E-state index < -0.39 is 0 Å². The molecule has 1 aliphatic rings. The van der Waals surface area contributed by atoms with Gasteiger partial charge in [-0.15, -0.1) is 0 Å². The molecule has 0 spiro atoms. The van der Waals surface area contributed by atoms with Crippen LogP contribution in [0.5, 0.6) is 0 Å². The molecule has 0 amide bonds. The maximum atomic E-state index is 9.92. The molecule has 0 aromatic rings. The summed E-state index contributed by atoms with van der Waals surface area (Å²) in [6.45, 7) is 9.01. The number of aliphatic hydroxyl groups excluding tert-OH is 1. The Bertz CT molecular complexity index is 157. The fourth-order valence-corrected chi connectivity index (χ4v) is 2.54. The highest BCUT2D eigenvalue weighted by atomic mass is 16.3. The second-order valence-corrected chi connectivity index (χ2v) is 5.63. The molecule has 3 unspecified atom stereocenters. The Morgan fingerprint density at radius 3 is 2.31 bits per heavy atom. The predicted molar refractivity (Wildman–Crippen MR) is 56.6 cm³/mol. The summed E-state index contributed by atoms with van der Waals surface area (Å²) in [6.07, 6.45) is 4.69. The Labute approximate surface area is 82.5 Å². The van der Waals surface area contributed by atoms with E-state index in [-0.39, 0.29) is 11.5 Å². The standard InChI is InChI=1S/C12H24O/c1-5-9-6-7-11(13)10(8-9)12(2,3)4/h9-11,13H,5-8H2,1-4H3. The van der Waals surface area contributed by atoms with E-state index in [2.05, 4.69) is 27.7 Å². The minimum atomic E-state index is -0.0530. The molecule has 0 aromatic heterocycles. The van der Waals surface area contributed by atoms with Crippen LogP contribution in [0, 0.1) is 17.3 Å². The van der Waals surface area contributed by atoms with E-state index in [4.69, 9.17) is 0 Å². The second-order valence-electron chi connectivity index (χ2n) is 5.63. The molecule has 78 valence electrons. The van der Waals surface area contributed by atoms with Crippen molar-refractivity contribution in [1.29, 1.82) is 0 Å². The summed E-state index contributed by atoms with van der Waals surface area (Å²) in [6, 6.07) is 0. The third-order valence-electron chi connectivity index (χ3n) is 3.61. The van der Waals surface area contributed by atoms with Gasteiger partial charge in [0.1, 0.15) is 0 Å². The minimum Gasteiger partial charge on any atom is -0.393 e. The average molecular weight is 184 g/mol. The normalized spacial score (nSPS) is 36.2. The van der Waals surface area contributed by atoms with Crippen molar-refractivity contribution >= 4 is 0 Å². The van der Waals surface area contributed by atoms with Gasteiger partial charge in [0.2, 0.25) is 0 Å². The van der Waals surface area contributed by atoms with Crippen LogP contribution >= 0.6 is 0 Å². The molecule has 0 heterocycles. The van der Waals surface area contributed by atoms with Gasteiger partial charge >= 0.3 is 0 Å². The summed E-state index contributed by atoms with van der Waals surface area (Å²) in [5.74, 6) is 1.36. The van der Waals surface area contributed by atoms with Gasteiger partial charge < -0.3 is 5.11 Å². The van der Waals surface area contributed by atoms with Crippen molar-refractivity contribution in [2.45, 2.75) is 59.5 Å². The van der Waals surface area contributed by atoms with E-state index in [1.165, 1.54) is 19.3 Å². The topological polar surface area (TPSA) is 20.2 Å². The van der Waals surface area contributed by atoms with Gasteiger partial charge in [0, 0.05) is 0 Å². The van der Waals surface area contributed by atoms with E-state index in [1.807, 2.05) is 0 Å². The lowest BCUT2D eigenvalue weighted by Crippen LogP contribution is -2.37. The van der Waals surface area contributed by atoms with Crippen LogP contribution in [0.3, 0.4) is 0 Å². The largest absolute Gasteiger partial charge is 0.393 e. The Kier molecular flexibility index (Phi) is 3.39. The molecule has 13 heavy (non-hydrogen) atoms. The quantitative estimate of drug-likeness (QED) is 0.663. The van der Waals surface area contributed by atoms with E-state index in [0.717, 1.165) is 12.3 Å². The summed E-state index contributed by atoms with van der Waals surface area (Å²) in [5, 5.41) is 9.92. The third-order valence-corrected chi connectivity index (χ3v) is 3.61. The maximum Gasteiger partial charge on any atom is 0.0573 e. The lowest BCUT2D eigenvalue weighted by Gasteiger charge is -2.41. The van der Waals surface area contributed by atoms with Crippen molar-refractivity contribution in [3.8, 4) is 0 Å². The Morgan fingerprint density at radius 1 is 1.23 bits per heavy atom. The number of aliphatic hydroxyl groups is 1. The zero-order valence-corrected chi connectivity index (χ0v) is 9.51. The predicted octanol–water partition coefficient (Wildman–Crippen LogP) is 3.22. The molecule has 1 aliphatic carbocycles. The third kappa shape index (κ3) is 2.70. The second kappa shape index (κ2) is 4.00. The Hall–Kier alpha value is -0.0400. The van der Waals surface area contributed by atoms with Gasteiger partial charge in [-0.2, -0.15) is 0 Å². The van der Waals surface area contributed by atoms with Gasteiger partial charge in [0.05, 0.1) is 6.10 Å². The molecule has 0 saturated heterocycles. The van der Waals surface area contributed by atoms with Crippen LogP contribution in [0.25, 0.3) is 0 Å². The molecule has 0 bridgehead atoms. The number of hydrogen-bond acceptors (Lipinski definition) is 1. The summed E-state index contributed by atoms with van der Waals surface area (Å²) >= 11 is 0. The molecule has 1 N–H and O–H groups in total. The van der Waals surface area contributed by atoms with Crippen LogP contribution in [0.4, 0.5) is 0 Å². The molecule has 1 rings (SSSR count). The zero-order chi connectivity index (χ0) is 10.1. The van der Waals surface area contributed by atoms with Crippen molar-refractivity contribution in [3.63, 3.8) is 0 Å². The van der Waals surface area contributed by atoms with E-state index in [9.17, 15) is 5.11 Å². The van der Waals surface area contributed by atoms with E-state index >= 15 is 0 Å². The lowest BCUT2D eigenvalue weighted by atomic mass is 9.67. The first-order chi connectivity index (χ1) is 5.95. The highest BCUT2D eigenvalue weighted by molar-refractivity contribution is 4.86. The van der Waals surface area contributed by atoms with Gasteiger partial charge in [-0.25, -0.2) is 0 Å². The molecule has 1 nitrogen and oxygen atoms in total. The van der Waals surface area contributed by atoms with Gasteiger partial charge in [0.25, 0.3) is 0 Å². The monoisotopic (exact) mass is 184 g/mol. The van der Waals surface area contributed by atoms with Crippen molar-refractivity contribution in [1.82, 2.24) is 0 Å². The summed E-state index contributed by atoms with van der Waals surface area (Å²) in [7, 11) is 0. The Balaban J connectivity index is 2.60. The minimum absolute atomic E-state index is 0.0530. The fourth-order valence-electron chi connectivity index (χ4n) is 2.54. The highest BCUT2D eigenvalue weighted by Crippen LogP contribution is 2.41. The van der Waals surface area contributed by atoms with Crippen LogP contribution < -0.4 is 0 Å². The molecular formula is C12H24O. The highest BCUT2D eigenvalue weighted by Gasteiger charge is 2.35. The number of rotatable bonds is 1. The van der Waals surface area contributed by atoms with Crippen LogP contribution in [-0.4, -0.2) is 11.2 Å². The maximum absolute atomic E-state index is 9.92. The number of hydrogen-bond donors (Lipinski definition) is 1. The van der Waals surface area contributed by atoms with Crippen molar-refractivity contribution in [3.05, 3.63) is 0 Å². The molecule has 0 radical (unpaired) electrons. The smallest absolute Gasteiger partial charge is 0.0573 e. The molecule has 1 saturated carbocycles. The first kappa shape index (κ1) is 11.0. The molecule has 3 atom stereocenters. The van der Waals surface area contributed by atoms with E-state index in [1.54, 1.807) is 0 Å². The van der Waals surface area contributed by atoms with Gasteiger partial charge in [-0.3, -0.25) is 0 Å². The average Bonchev–Trinajstić information content (AvgIpc) is 2.03. The van der Waals surface area contributed by atoms with Gasteiger partial charge in [-0.05, 0) is 36.5 Å². The van der Waals surface area contributed by atoms with Crippen LogP contribution in [0.2, 0.25) is 0 Å². The van der Waals surface area contributed by atoms with Crippen LogP contribution in [0.15, 0.2) is 0 Å². The van der Waals surface area contributed by atoms with Gasteiger partial charge in [0.15, 0.2) is 0 Å². The summed E-state index contributed by atoms with van der Waals surface area (Å²) in [5.41, 5.74) is 0.271. The molecule has 0 aliphatic heterocycles. The first-order valence-corrected chi connectivity index (χ1v) is 5.63. The molecule has 1 fully saturated rings. The van der Waals surface area contributed by atoms with Crippen molar-refractivity contribution < 1.29 is 5.11 Å². The Morgan fingerprint density at radius 2 is 1.85 bits per heavy atom. The van der Waals surface area contributed by atoms with E-state index in [0.29, 0.717) is 5.92 Å². The summed E-state index contributed by atoms with van der Waals surface area (Å²) < 4.78 is 0. The first-order valence-electron chi connectivity index (χ1n) is 5.63. The van der Waals surface area contributed by atoms with Gasteiger partial charge in [-0.1, -0.05) is 34.1 Å². The SMILES string of the molecule is CCC1CCC(O)C(C(C)(C)C)C1. The zero-order valence-electron chi connectivity index (χ0n) is 9.51. The van der Waals surface area contributed by atoms with Crippen molar-refractivity contribution in [2.75, 3.05) is 0 Å². The molecule has 1 heteroatoms. The molecular weight excluding hydrogens is 160 g/mol.